The summed E-state index contributed by atoms with van der Waals surface area (Å²) in [5.74, 6) is 0.666. The van der Waals surface area contributed by atoms with E-state index in [1.807, 2.05) is 45.0 Å². The Morgan fingerprint density at radius 2 is 1.75 bits per heavy atom. The Morgan fingerprint density at radius 1 is 1.15 bits per heavy atom. The highest BCUT2D eigenvalue weighted by atomic mass is 19.3. The molecule has 0 aliphatic rings. The van der Waals surface area contributed by atoms with Gasteiger partial charge in [-0.2, -0.15) is 0 Å². The van der Waals surface area contributed by atoms with Crippen molar-refractivity contribution < 1.29 is 18.6 Å². The lowest BCUT2D eigenvalue weighted by Crippen LogP contribution is -2.42. The molecule has 0 bridgehead atoms. The van der Waals surface area contributed by atoms with Gasteiger partial charge in [-0.1, -0.05) is 17.7 Å². The van der Waals surface area contributed by atoms with Gasteiger partial charge in [0, 0.05) is 12.6 Å². The molecule has 114 valence electrons. The molecule has 0 spiro atoms. The highest BCUT2D eigenvalue weighted by Gasteiger charge is 2.19. The quantitative estimate of drug-likeness (QED) is 0.798. The van der Waals surface area contributed by atoms with Gasteiger partial charge in [0.15, 0.2) is 0 Å². The van der Waals surface area contributed by atoms with Gasteiger partial charge >= 0.3 is 0 Å². The predicted octanol–water partition coefficient (Wildman–Crippen LogP) is 2.71. The number of nitrogens with zero attached hydrogens (tertiary/aromatic N) is 1. The van der Waals surface area contributed by atoms with Crippen molar-refractivity contribution in [2.75, 3.05) is 19.7 Å². The zero-order chi connectivity index (χ0) is 15.1. The van der Waals surface area contributed by atoms with E-state index in [0.717, 1.165) is 5.56 Å². The van der Waals surface area contributed by atoms with E-state index in [1.165, 1.54) is 0 Å². The van der Waals surface area contributed by atoms with Gasteiger partial charge in [-0.05, 0) is 32.9 Å². The van der Waals surface area contributed by atoms with Gasteiger partial charge in [0.1, 0.15) is 18.5 Å². The van der Waals surface area contributed by atoms with E-state index in [1.54, 1.807) is 4.90 Å². The minimum Gasteiger partial charge on any atom is -0.491 e. The summed E-state index contributed by atoms with van der Waals surface area (Å²) >= 11 is 0. The molecule has 0 saturated carbocycles. The van der Waals surface area contributed by atoms with Gasteiger partial charge < -0.3 is 9.84 Å². The minimum atomic E-state index is -2.40. The van der Waals surface area contributed by atoms with Crippen molar-refractivity contribution in [3.8, 4) is 5.75 Å². The first-order chi connectivity index (χ1) is 9.38. The number of rotatable bonds is 8. The molecule has 1 unspecified atom stereocenters. The highest BCUT2D eigenvalue weighted by molar-refractivity contribution is 5.26. The lowest BCUT2D eigenvalue weighted by molar-refractivity contribution is 0.0233. The molecule has 0 radical (unpaired) electrons. The second kappa shape index (κ2) is 8.17. The van der Waals surface area contributed by atoms with Gasteiger partial charge in [0.2, 0.25) is 0 Å². The van der Waals surface area contributed by atoms with E-state index in [4.69, 9.17) is 4.74 Å². The molecule has 0 fully saturated rings. The Kier molecular flexibility index (Phi) is 6.88. The second-order valence-electron chi connectivity index (χ2n) is 5.22. The van der Waals surface area contributed by atoms with Crippen molar-refractivity contribution in [2.24, 2.45) is 0 Å². The van der Waals surface area contributed by atoms with Crippen LogP contribution in [0.3, 0.4) is 0 Å². The average molecular weight is 287 g/mol. The molecule has 0 saturated heterocycles. The summed E-state index contributed by atoms with van der Waals surface area (Å²) in [4.78, 5) is 1.55. The molecule has 3 nitrogen and oxygen atoms in total. The van der Waals surface area contributed by atoms with Gasteiger partial charge in [-0.15, -0.1) is 0 Å². The lowest BCUT2D eigenvalue weighted by atomic mass is 10.2. The molecule has 5 heteroatoms. The molecule has 0 amide bonds. The van der Waals surface area contributed by atoms with Crippen LogP contribution in [0.2, 0.25) is 0 Å². The third-order valence-corrected chi connectivity index (χ3v) is 3.01. The highest BCUT2D eigenvalue weighted by Crippen LogP contribution is 2.12. The van der Waals surface area contributed by atoms with Crippen LogP contribution >= 0.6 is 0 Å². The van der Waals surface area contributed by atoms with Crippen LogP contribution in [0.25, 0.3) is 0 Å². The molecule has 1 aromatic carbocycles. The van der Waals surface area contributed by atoms with Crippen LogP contribution in [-0.4, -0.2) is 48.3 Å². The number of hydrogen-bond donors (Lipinski definition) is 1. The summed E-state index contributed by atoms with van der Waals surface area (Å²) < 4.78 is 30.3. The zero-order valence-electron chi connectivity index (χ0n) is 12.2. The Morgan fingerprint density at radius 3 is 2.25 bits per heavy atom. The van der Waals surface area contributed by atoms with Gasteiger partial charge in [0.05, 0.1) is 6.54 Å². The molecule has 1 rings (SSSR count). The van der Waals surface area contributed by atoms with Crippen molar-refractivity contribution in [3.63, 3.8) is 0 Å². The number of aryl methyl sites for hydroxylation is 1. The number of alkyl halides is 2. The molecular formula is C15H23F2NO2. The maximum atomic E-state index is 12.4. The summed E-state index contributed by atoms with van der Waals surface area (Å²) in [5, 5.41) is 9.89. The number of aliphatic hydroxyl groups is 1. The van der Waals surface area contributed by atoms with E-state index in [9.17, 15) is 13.9 Å². The average Bonchev–Trinajstić information content (AvgIpc) is 2.36. The number of ether oxygens (including phenoxy) is 1. The van der Waals surface area contributed by atoms with Crippen LogP contribution in [0, 0.1) is 6.92 Å². The molecular weight excluding hydrogens is 264 g/mol. The molecule has 0 heterocycles. The van der Waals surface area contributed by atoms with Crippen LogP contribution in [0.4, 0.5) is 8.78 Å². The Bertz CT molecular complexity index is 382. The van der Waals surface area contributed by atoms with Gasteiger partial charge in [0.25, 0.3) is 6.43 Å². The van der Waals surface area contributed by atoms with E-state index in [2.05, 4.69) is 0 Å². The summed E-state index contributed by atoms with van der Waals surface area (Å²) in [6.07, 6.45) is -3.19. The van der Waals surface area contributed by atoms with Crippen LogP contribution in [0.5, 0.6) is 5.75 Å². The van der Waals surface area contributed by atoms with Crippen LogP contribution in [0.1, 0.15) is 19.4 Å². The third kappa shape index (κ3) is 6.30. The van der Waals surface area contributed by atoms with Crippen molar-refractivity contribution in [3.05, 3.63) is 29.8 Å². The number of benzene rings is 1. The molecule has 0 aliphatic carbocycles. The number of aliphatic hydroxyl groups excluding tert-OH is 1. The summed E-state index contributed by atoms with van der Waals surface area (Å²) in [6.45, 7) is 5.57. The molecule has 1 aromatic rings. The van der Waals surface area contributed by atoms with Gasteiger partial charge in [-0.25, -0.2) is 8.78 Å². The molecule has 0 aliphatic heterocycles. The maximum absolute atomic E-state index is 12.4. The summed E-state index contributed by atoms with van der Waals surface area (Å²) in [6, 6.07) is 7.43. The fourth-order valence-corrected chi connectivity index (χ4v) is 1.82. The first-order valence-corrected chi connectivity index (χ1v) is 6.78. The number of halogens is 2. The van der Waals surface area contributed by atoms with E-state index < -0.39 is 12.5 Å². The molecule has 1 atom stereocenters. The fraction of sp³-hybridized carbons (Fsp3) is 0.600. The number of hydrogen-bond acceptors (Lipinski definition) is 3. The Labute approximate surface area is 119 Å². The van der Waals surface area contributed by atoms with E-state index >= 15 is 0 Å². The van der Waals surface area contributed by atoms with E-state index in [0.29, 0.717) is 5.75 Å². The minimum absolute atomic E-state index is 0.0435. The monoisotopic (exact) mass is 287 g/mol. The Balaban J connectivity index is 2.41. The van der Waals surface area contributed by atoms with E-state index in [-0.39, 0.29) is 25.7 Å². The fourth-order valence-electron chi connectivity index (χ4n) is 1.82. The SMILES string of the molecule is Cc1ccc(OCC(O)CN(CC(F)F)C(C)C)cc1. The van der Waals surface area contributed by atoms with Crippen LogP contribution in [-0.2, 0) is 0 Å². The molecule has 1 N–H and O–H groups in total. The largest absolute Gasteiger partial charge is 0.491 e. The van der Waals surface area contributed by atoms with Crippen molar-refractivity contribution >= 4 is 0 Å². The lowest BCUT2D eigenvalue weighted by Gasteiger charge is -2.28. The summed E-state index contributed by atoms with van der Waals surface area (Å²) in [7, 11) is 0. The molecule has 20 heavy (non-hydrogen) atoms. The normalized spacial score (nSPS) is 13.2. The predicted molar refractivity (Wildman–Crippen MR) is 75.4 cm³/mol. The summed E-state index contributed by atoms with van der Waals surface area (Å²) in [5.41, 5.74) is 1.13. The van der Waals surface area contributed by atoms with Crippen LogP contribution in [0.15, 0.2) is 24.3 Å². The van der Waals surface area contributed by atoms with Crippen molar-refractivity contribution in [1.29, 1.82) is 0 Å². The Hall–Kier alpha value is -1.20. The maximum Gasteiger partial charge on any atom is 0.251 e. The standard InChI is InChI=1S/C15H23F2NO2/c1-11(2)18(9-15(16)17)8-13(19)10-20-14-6-4-12(3)5-7-14/h4-7,11,13,15,19H,8-10H2,1-3H3. The van der Waals surface area contributed by atoms with Crippen molar-refractivity contribution in [1.82, 2.24) is 4.90 Å². The zero-order valence-corrected chi connectivity index (χ0v) is 12.2. The van der Waals surface area contributed by atoms with Crippen LogP contribution < -0.4 is 4.74 Å². The van der Waals surface area contributed by atoms with Gasteiger partial charge in [-0.3, -0.25) is 4.90 Å². The first-order valence-electron chi connectivity index (χ1n) is 6.78. The second-order valence-corrected chi connectivity index (χ2v) is 5.22. The van der Waals surface area contributed by atoms with Crippen molar-refractivity contribution in [2.45, 2.75) is 39.3 Å². The first kappa shape index (κ1) is 16.9. The molecule has 0 aromatic heterocycles. The smallest absolute Gasteiger partial charge is 0.251 e. The third-order valence-electron chi connectivity index (χ3n) is 3.01. The topological polar surface area (TPSA) is 32.7 Å².